The molecule has 0 aliphatic heterocycles. The fourth-order valence-corrected chi connectivity index (χ4v) is 1.05. The lowest BCUT2D eigenvalue weighted by Crippen LogP contribution is -2.26. The summed E-state index contributed by atoms with van der Waals surface area (Å²) in [4.78, 5) is 11.5. The predicted molar refractivity (Wildman–Crippen MR) is 51.5 cm³/mol. The van der Waals surface area contributed by atoms with Gasteiger partial charge in [0.25, 0.3) is 5.91 Å². The van der Waals surface area contributed by atoms with Crippen LogP contribution in [0.15, 0.2) is 24.3 Å². The maximum Gasteiger partial charge on any atom is 0.277 e. The normalized spacial score (nSPS) is 9.64. The lowest BCUT2D eigenvalue weighted by molar-refractivity contribution is -0.0541. The smallest absolute Gasteiger partial charge is 0.277 e. The SMILES string of the molecule is CCN(O)C(=O)c1cccc(OC)c1. The summed E-state index contributed by atoms with van der Waals surface area (Å²) in [6.07, 6.45) is 0. The van der Waals surface area contributed by atoms with Crippen molar-refractivity contribution in [1.82, 2.24) is 5.06 Å². The van der Waals surface area contributed by atoms with Crippen LogP contribution in [0.25, 0.3) is 0 Å². The van der Waals surface area contributed by atoms with Crippen molar-refractivity contribution in [1.29, 1.82) is 0 Å². The van der Waals surface area contributed by atoms with Gasteiger partial charge in [-0.05, 0) is 25.1 Å². The van der Waals surface area contributed by atoms with Gasteiger partial charge in [0, 0.05) is 12.1 Å². The van der Waals surface area contributed by atoms with Crippen molar-refractivity contribution in [2.75, 3.05) is 13.7 Å². The second-order valence-corrected chi connectivity index (χ2v) is 2.75. The molecule has 4 heteroatoms. The van der Waals surface area contributed by atoms with Crippen LogP contribution in [0.4, 0.5) is 0 Å². The lowest BCUT2D eigenvalue weighted by atomic mass is 10.2. The van der Waals surface area contributed by atoms with E-state index in [0.717, 1.165) is 0 Å². The van der Waals surface area contributed by atoms with Crippen molar-refractivity contribution in [2.45, 2.75) is 6.92 Å². The molecule has 0 saturated carbocycles. The number of carbonyl (C=O) groups excluding carboxylic acids is 1. The average molecular weight is 195 g/mol. The Kier molecular flexibility index (Phi) is 3.48. The maximum absolute atomic E-state index is 11.5. The van der Waals surface area contributed by atoms with E-state index in [0.29, 0.717) is 16.4 Å². The Morgan fingerprint density at radius 2 is 2.29 bits per heavy atom. The van der Waals surface area contributed by atoms with E-state index < -0.39 is 5.91 Å². The molecule has 0 saturated heterocycles. The van der Waals surface area contributed by atoms with Crippen LogP contribution in [0.5, 0.6) is 5.75 Å². The second-order valence-electron chi connectivity index (χ2n) is 2.75. The zero-order valence-corrected chi connectivity index (χ0v) is 8.23. The van der Waals surface area contributed by atoms with Crippen LogP contribution in [0, 0.1) is 0 Å². The van der Waals surface area contributed by atoms with Crippen LogP contribution in [0.1, 0.15) is 17.3 Å². The van der Waals surface area contributed by atoms with E-state index in [4.69, 9.17) is 4.74 Å². The highest BCUT2D eigenvalue weighted by Gasteiger charge is 2.11. The molecule has 0 aromatic heterocycles. The lowest BCUT2D eigenvalue weighted by Gasteiger charge is -2.12. The number of amides is 1. The van der Waals surface area contributed by atoms with Gasteiger partial charge in [0.15, 0.2) is 0 Å². The minimum atomic E-state index is -0.425. The van der Waals surface area contributed by atoms with E-state index in [-0.39, 0.29) is 6.54 Å². The van der Waals surface area contributed by atoms with E-state index in [1.54, 1.807) is 31.2 Å². The van der Waals surface area contributed by atoms with Gasteiger partial charge in [-0.15, -0.1) is 0 Å². The van der Waals surface area contributed by atoms with Gasteiger partial charge in [-0.25, -0.2) is 5.06 Å². The molecule has 0 radical (unpaired) electrons. The van der Waals surface area contributed by atoms with Crippen molar-refractivity contribution in [3.63, 3.8) is 0 Å². The molecular weight excluding hydrogens is 182 g/mol. The highest BCUT2D eigenvalue weighted by atomic mass is 16.5. The summed E-state index contributed by atoms with van der Waals surface area (Å²) in [5, 5.41) is 9.85. The van der Waals surface area contributed by atoms with Crippen molar-refractivity contribution in [2.24, 2.45) is 0 Å². The molecule has 1 rings (SSSR count). The molecule has 0 atom stereocenters. The molecule has 14 heavy (non-hydrogen) atoms. The molecular formula is C10H13NO3. The number of hydrogen-bond acceptors (Lipinski definition) is 3. The number of nitrogens with zero attached hydrogens (tertiary/aromatic N) is 1. The van der Waals surface area contributed by atoms with E-state index in [9.17, 15) is 10.0 Å². The first-order valence-corrected chi connectivity index (χ1v) is 4.33. The topological polar surface area (TPSA) is 49.8 Å². The zero-order valence-electron chi connectivity index (χ0n) is 8.23. The Morgan fingerprint density at radius 1 is 1.57 bits per heavy atom. The highest BCUT2D eigenvalue weighted by Crippen LogP contribution is 2.13. The molecule has 4 nitrogen and oxygen atoms in total. The van der Waals surface area contributed by atoms with Gasteiger partial charge in [0.05, 0.1) is 7.11 Å². The zero-order chi connectivity index (χ0) is 10.6. The van der Waals surface area contributed by atoms with Crippen LogP contribution in [0.3, 0.4) is 0 Å². The first-order valence-electron chi connectivity index (χ1n) is 4.33. The van der Waals surface area contributed by atoms with Gasteiger partial charge >= 0.3 is 0 Å². The summed E-state index contributed by atoms with van der Waals surface area (Å²) in [7, 11) is 1.53. The fourth-order valence-electron chi connectivity index (χ4n) is 1.05. The summed E-state index contributed by atoms with van der Waals surface area (Å²) in [5.41, 5.74) is 0.411. The molecule has 1 N–H and O–H groups in total. The molecule has 1 aromatic rings. The minimum absolute atomic E-state index is 0.260. The van der Waals surface area contributed by atoms with E-state index in [1.165, 1.54) is 7.11 Å². The first-order chi connectivity index (χ1) is 6.69. The summed E-state index contributed by atoms with van der Waals surface area (Å²) in [5.74, 6) is 0.173. The quantitative estimate of drug-likeness (QED) is 0.588. The largest absolute Gasteiger partial charge is 0.497 e. The van der Waals surface area contributed by atoms with Crippen LogP contribution in [-0.4, -0.2) is 29.8 Å². The van der Waals surface area contributed by atoms with Gasteiger partial charge in [0.1, 0.15) is 5.75 Å². The monoisotopic (exact) mass is 195 g/mol. The number of rotatable bonds is 3. The molecule has 1 aromatic carbocycles. The van der Waals surface area contributed by atoms with Crippen LogP contribution < -0.4 is 4.74 Å². The standard InChI is InChI=1S/C10H13NO3/c1-3-11(13)10(12)8-5-4-6-9(7-8)14-2/h4-7,13H,3H2,1-2H3. The Bertz CT molecular complexity index is 325. The molecule has 76 valence electrons. The summed E-state index contributed by atoms with van der Waals surface area (Å²) < 4.78 is 4.97. The maximum atomic E-state index is 11.5. The van der Waals surface area contributed by atoms with Crippen LogP contribution in [0.2, 0.25) is 0 Å². The third-order valence-electron chi connectivity index (χ3n) is 1.85. The van der Waals surface area contributed by atoms with Gasteiger partial charge in [-0.2, -0.15) is 0 Å². The second kappa shape index (κ2) is 4.62. The number of carbonyl (C=O) groups is 1. The van der Waals surface area contributed by atoms with E-state index >= 15 is 0 Å². The number of benzene rings is 1. The van der Waals surface area contributed by atoms with Gasteiger partial charge in [-0.3, -0.25) is 10.0 Å². The van der Waals surface area contributed by atoms with Crippen molar-refractivity contribution in [3.8, 4) is 5.75 Å². The summed E-state index contributed by atoms with van der Waals surface area (Å²) >= 11 is 0. The number of hydroxylamine groups is 2. The highest BCUT2D eigenvalue weighted by molar-refractivity contribution is 5.93. The molecule has 0 aliphatic carbocycles. The molecule has 1 amide bonds. The van der Waals surface area contributed by atoms with Crippen molar-refractivity contribution >= 4 is 5.91 Å². The molecule has 0 unspecified atom stereocenters. The summed E-state index contributed by atoms with van der Waals surface area (Å²) in [6.45, 7) is 1.95. The van der Waals surface area contributed by atoms with Crippen LogP contribution in [-0.2, 0) is 0 Å². The third kappa shape index (κ3) is 2.23. The Morgan fingerprint density at radius 3 is 2.86 bits per heavy atom. The van der Waals surface area contributed by atoms with Crippen molar-refractivity contribution < 1.29 is 14.7 Å². The molecule has 0 heterocycles. The number of hydrogen-bond donors (Lipinski definition) is 1. The number of methoxy groups -OCH3 is 1. The third-order valence-corrected chi connectivity index (χ3v) is 1.85. The van der Waals surface area contributed by atoms with Crippen molar-refractivity contribution in [3.05, 3.63) is 29.8 Å². The van der Waals surface area contributed by atoms with Crippen LogP contribution >= 0.6 is 0 Å². The summed E-state index contributed by atoms with van der Waals surface area (Å²) in [6, 6.07) is 6.66. The molecule has 0 bridgehead atoms. The van der Waals surface area contributed by atoms with Gasteiger partial charge in [0.2, 0.25) is 0 Å². The van der Waals surface area contributed by atoms with E-state index in [1.807, 2.05) is 0 Å². The molecule has 0 aliphatic rings. The number of ether oxygens (including phenoxy) is 1. The Labute approximate surface area is 82.7 Å². The van der Waals surface area contributed by atoms with E-state index in [2.05, 4.69) is 0 Å². The average Bonchev–Trinajstić information content (AvgIpc) is 2.27. The molecule has 0 fully saturated rings. The predicted octanol–water partition coefficient (Wildman–Crippen LogP) is 1.55. The fraction of sp³-hybridized carbons (Fsp3) is 0.300. The van der Waals surface area contributed by atoms with Gasteiger partial charge in [-0.1, -0.05) is 6.07 Å². The Hall–Kier alpha value is -1.55. The molecule has 0 spiro atoms. The Balaban J connectivity index is 2.90. The van der Waals surface area contributed by atoms with Gasteiger partial charge < -0.3 is 4.74 Å². The minimum Gasteiger partial charge on any atom is -0.497 e. The first kappa shape index (κ1) is 10.5.